The van der Waals surface area contributed by atoms with E-state index in [4.69, 9.17) is 21.1 Å². The van der Waals surface area contributed by atoms with Gasteiger partial charge in [-0.25, -0.2) is 8.42 Å². The number of nitrogens with zero attached hydrogens (tertiary/aromatic N) is 3. The number of nitrogens with one attached hydrogen (secondary N) is 1. The summed E-state index contributed by atoms with van der Waals surface area (Å²) < 4.78 is 39.8. The van der Waals surface area contributed by atoms with Crippen molar-refractivity contribution in [3.8, 4) is 11.5 Å². The fraction of sp³-hybridized carbons (Fsp3) is 0.190. The first kappa shape index (κ1) is 24.3. The van der Waals surface area contributed by atoms with Crippen LogP contribution >= 0.6 is 34.7 Å². The Bertz CT molecular complexity index is 1310. The van der Waals surface area contributed by atoms with Crippen LogP contribution in [0.25, 0.3) is 0 Å². The van der Waals surface area contributed by atoms with Crippen LogP contribution in [0.3, 0.4) is 0 Å². The Balaban J connectivity index is 1.62. The Morgan fingerprint density at radius 3 is 2.82 bits per heavy atom. The van der Waals surface area contributed by atoms with E-state index in [-0.39, 0.29) is 28.0 Å². The third-order valence-electron chi connectivity index (χ3n) is 4.69. The van der Waals surface area contributed by atoms with Crippen LogP contribution in [0.1, 0.15) is 0 Å². The summed E-state index contributed by atoms with van der Waals surface area (Å²) in [5.74, 6) is 0.842. The van der Waals surface area contributed by atoms with Gasteiger partial charge in [0.2, 0.25) is 5.13 Å². The number of ether oxygens (including phenoxy) is 2. The fourth-order valence-electron chi connectivity index (χ4n) is 3.10. The van der Waals surface area contributed by atoms with E-state index in [0.29, 0.717) is 20.9 Å². The molecule has 1 atom stereocenters. The highest BCUT2D eigenvalue weighted by Gasteiger charge is 2.38. The van der Waals surface area contributed by atoms with E-state index in [1.807, 2.05) is 0 Å². The SMILES string of the molecule is C=CCSc1nnc(NC(=O)C2CN(S(=O)(=O)c3ccc(OC)cc3)c3cc(Cl)ccc3O2)s1. The van der Waals surface area contributed by atoms with Gasteiger partial charge >= 0.3 is 0 Å². The Kier molecular flexibility index (Phi) is 7.31. The molecule has 3 aromatic rings. The predicted molar refractivity (Wildman–Crippen MR) is 133 cm³/mol. The van der Waals surface area contributed by atoms with Gasteiger partial charge in [0.1, 0.15) is 11.5 Å². The van der Waals surface area contributed by atoms with E-state index in [1.54, 1.807) is 24.3 Å². The predicted octanol–water partition coefficient (Wildman–Crippen LogP) is 4.07. The van der Waals surface area contributed by atoms with Gasteiger partial charge < -0.3 is 9.47 Å². The van der Waals surface area contributed by atoms with Gasteiger partial charge in [0.25, 0.3) is 15.9 Å². The molecule has 13 heteroatoms. The number of carbonyl (C=O) groups excluding carboxylic acids is 1. The standard InChI is InChI=1S/C21H19ClN4O5S3/c1-3-10-32-21-25-24-20(33-21)23-19(27)18-12-26(16-11-13(22)4-9-17(16)31-18)34(28,29)15-7-5-14(30-2)6-8-15/h3-9,11,18H,1,10,12H2,2H3,(H,23,24,27). The van der Waals surface area contributed by atoms with Gasteiger partial charge in [-0.05, 0) is 42.5 Å². The second-order valence-electron chi connectivity index (χ2n) is 6.89. The molecule has 0 fully saturated rings. The largest absolute Gasteiger partial charge is 0.497 e. The molecule has 1 N–H and O–H groups in total. The summed E-state index contributed by atoms with van der Waals surface area (Å²) in [6.45, 7) is 3.39. The molecule has 1 aromatic heterocycles. The number of halogens is 1. The summed E-state index contributed by atoms with van der Waals surface area (Å²) in [5.41, 5.74) is 0.242. The monoisotopic (exact) mass is 538 g/mol. The molecule has 9 nitrogen and oxygen atoms in total. The summed E-state index contributed by atoms with van der Waals surface area (Å²) in [6.07, 6.45) is 0.608. The molecule has 0 radical (unpaired) electrons. The van der Waals surface area contributed by atoms with Gasteiger partial charge in [-0.3, -0.25) is 14.4 Å². The molecule has 34 heavy (non-hydrogen) atoms. The summed E-state index contributed by atoms with van der Waals surface area (Å²) in [6, 6.07) is 10.6. The number of sulfonamides is 1. The van der Waals surface area contributed by atoms with Gasteiger partial charge in [-0.2, -0.15) is 0 Å². The lowest BCUT2D eigenvalue weighted by atomic mass is 10.2. The molecular weight excluding hydrogens is 520 g/mol. The lowest BCUT2D eigenvalue weighted by Crippen LogP contribution is -2.48. The molecule has 2 aromatic carbocycles. The maximum Gasteiger partial charge on any atom is 0.269 e. The molecule has 0 aliphatic carbocycles. The number of thioether (sulfide) groups is 1. The van der Waals surface area contributed by atoms with Gasteiger partial charge in [-0.1, -0.05) is 40.8 Å². The molecule has 4 rings (SSSR count). The number of methoxy groups -OCH3 is 1. The maximum absolute atomic E-state index is 13.5. The average Bonchev–Trinajstić information content (AvgIpc) is 3.29. The van der Waals surface area contributed by atoms with Crippen molar-refractivity contribution in [2.45, 2.75) is 15.3 Å². The fourth-order valence-corrected chi connectivity index (χ4v) is 6.25. The molecule has 0 saturated carbocycles. The van der Waals surface area contributed by atoms with Crippen molar-refractivity contribution in [2.24, 2.45) is 0 Å². The van der Waals surface area contributed by atoms with Crippen LogP contribution in [0, 0.1) is 0 Å². The molecule has 1 unspecified atom stereocenters. The van der Waals surface area contributed by atoms with E-state index in [9.17, 15) is 13.2 Å². The number of rotatable bonds is 8. The average molecular weight is 539 g/mol. The summed E-state index contributed by atoms with van der Waals surface area (Å²) in [4.78, 5) is 13.0. The molecule has 2 heterocycles. The highest BCUT2D eigenvalue weighted by Crippen LogP contribution is 2.39. The van der Waals surface area contributed by atoms with Crippen molar-refractivity contribution in [2.75, 3.05) is 29.0 Å². The molecule has 0 bridgehead atoms. The van der Waals surface area contributed by atoms with Gasteiger partial charge in [0, 0.05) is 10.8 Å². The zero-order chi connectivity index (χ0) is 24.3. The van der Waals surface area contributed by atoms with Crippen molar-refractivity contribution in [3.63, 3.8) is 0 Å². The number of fused-ring (bicyclic) bond motifs is 1. The number of hydrogen-bond acceptors (Lipinski definition) is 9. The molecule has 178 valence electrons. The van der Waals surface area contributed by atoms with E-state index in [1.165, 1.54) is 54.5 Å². The minimum atomic E-state index is -4.04. The summed E-state index contributed by atoms with van der Waals surface area (Å²) >= 11 is 8.77. The topological polar surface area (TPSA) is 111 Å². The zero-order valence-corrected chi connectivity index (χ0v) is 21.0. The van der Waals surface area contributed by atoms with E-state index >= 15 is 0 Å². The number of benzene rings is 2. The van der Waals surface area contributed by atoms with Crippen LogP contribution in [-0.2, 0) is 14.8 Å². The maximum atomic E-state index is 13.5. The second-order valence-corrected chi connectivity index (χ2v) is 11.4. The Morgan fingerprint density at radius 1 is 1.35 bits per heavy atom. The Morgan fingerprint density at radius 2 is 2.12 bits per heavy atom. The van der Waals surface area contributed by atoms with Crippen molar-refractivity contribution in [3.05, 3.63) is 60.1 Å². The van der Waals surface area contributed by atoms with E-state index in [0.717, 1.165) is 4.31 Å². The normalized spacial score (nSPS) is 15.2. The van der Waals surface area contributed by atoms with Crippen molar-refractivity contribution in [1.29, 1.82) is 0 Å². The van der Waals surface area contributed by atoms with Gasteiger partial charge in [0.15, 0.2) is 10.4 Å². The minimum Gasteiger partial charge on any atom is -0.497 e. The lowest BCUT2D eigenvalue weighted by Gasteiger charge is -2.34. The quantitative estimate of drug-likeness (QED) is 0.259. The van der Waals surface area contributed by atoms with Crippen molar-refractivity contribution in [1.82, 2.24) is 10.2 Å². The van der Waals surface area contributed by atoms with Crippen molar-refractivity contribution >= 4 is 61.4 Å². The number of aromatic nitrogens is 2. The number of carbonyl (C=O) groups is 1. The van der Waals surface area contributed by atoms with Gasteiger partial charge in [0.05, 0.1) is 24.2 Å². The molecule has 0 spiro atoms. The summed E-state index contributed by atoms with van der Waals surface area (Å²) in [5, 5.41) is 11.2. The third-order valence-corrected chi connectivity index (χ3v) is 8.69. The summed E-state index contributed by atoms with van der Waals surface area (Å²) in [7, 11) is -2.55. The zero-order valence-electron chi connectivity index (χ0n) is 17.8. The molecule has 0 saturated heterocycles. The van der Waals surface area contributed by atoms with Crippen LogP contribution in [0.4, 0.5) is 10.8 Å². The minimum absolute atomic E-state index is 0.0355. The number of hydrogen-bond donors (Lipinski definition) is 1. The van der Waals surface area contributed by atoms with E-state index in [2.05, 4.69) is 22.1 Å². The third kappa shape index (κ3) is 5.14. The van der Waals surface area contributed by atoms with Crippen LogP contribution in [0.5, 0.6) is 11.5 Å². The van der Waals surface area contributed by atoms with Crippen LogP contribution in [-0.4, -0.2) is 50.0 Å². The molecular formula is C21H19ClN4O5S3. The number of anilines is 2. The lowest BCUT2D eigenvalue weighted by molar-refractivity contribution is -0.122. The molecule has 1 aliphatic rings. The smallest absolute Gasteiger partial charge is 0.269 e. The van der Waals surface area contributed by atoms with Crippen LogP contribution in [0.2, 0.25) is 5.02 Å². The highest BCUT2D eigenvalue weighted by atomic mass is 35.5. The molecule has 1 aliphatic heterocycles. The molecule has 1 amide bonds. The van der Waals surface area contributed by atoms with Gasteiger partial charge in [-0.15, -0.1) is 16.8 Å². The Hall–Kier alpha value is -2.80. The van der Waals surface area contributed by atoms with Crippen molar-refractivity contribution < 1.29 is 22.7 Å². The van der Waals surface area contributed by atoms with E-state index < -0.39 is 22.0 Å². The first-order valence-corrected chi connectivity index (χ1v) is 13.4. The highest BCUT2D eigenvalue weighted by molar-refractivity contribution is 8.01. The van der Waals surface area contributed by atoms with Crippen LogP contribution in [0.15, 0.2) is 64.4 Å². The van der Waals surface area contributed by atoms with Crippen LogP contribution < -0.4 is 19.1 Å². The number of amides is 1. The Labute approximate surface area is 209 Å². The first-order chi connectivity index (χ1) is 16.3. The second kappa shape index (κ2) is 10.2. The first-order valence-electron chi connectivity index (χ1n) is 9.83.